The molecule has 0 aromatic heterocycles. The van der Waals surface area contributed by atoms with E-state index in [9.17, 15) is 0 Å². The van der Waals surface area contributed by atoms with Gasteiger partial charge in [-0.1, -0.05) is 109 Å². The Hall–Kier alpha value is -6.22. The van der Waals surface area contributed by atoms with Gasteiger partial charge in [0, 0.05) is 41.3 Å². The summed E-state index contributed by atoms with van der Waals surface area (Å²) < 4.78 is 0.612. The maximum absolute atomic E-state index is 2.41. The topological polar surface area (TPSA) is 3.24 Å². The van der Waals surface area contributed by atoms with Crippen LogP contribution in [0.2, 0.25) is 0 Å². The molecule has 236 valence electrons. The molecule has 0 saturated heterocycles. The number of anilines is 3. The van der Waals surface area contributed by atoms with E-state index < -0.39 is 0 Å². The molecule has 0 unspecified atom stereocenters. The zero-order chi connectivity index (χ0) is 33.1. The van der Waals surface area contributed by atoms with Gasteiger partial charge < -0.3 is 4.90 Å². The van der Waals surface area contributed by atoms with Crippen LogP contribution in [0.3, 0.4) is 0 Å². The largest absolute Gasteiger partial charge is 0.310 e. The molecule has 0 saturated carbocycles. The predicted molar refractivity (Wildman–Crippen MR) is 211 cm³/mol. The van der Waals surface area contributed by atoms with E-state index in [-0.39, 0.29) is 0 Å². The number of nitrogens with zero attached hydrogens (tertiary/aromatic N) is 2. The number of quaternary nitrogens is 1. The smallest absolute Gasteiger partial charge is 0.156 e. The number of rotatable bonds is 5. The Balaban J connectivity index is 1.16. The fourth-order valence-electron chi connectivity index (χ4n) is 8.44. The van der Waals surface area contributed by atoms with Gasteiger partial charge >= 0.3 is 0 Å². The molecule has 50 heavy (non-hydrogen) atoms. The van der Waals surface area contributed by atoms with Crippen LogP contribution >= 0.6 is 0 Å². The van der Waals surface area contributed by atoms with Crippen molar-refractivity contribution in [1.29, 1.82) is 0 Å². The van der Waals surface area contributed by atoms with E-state index >= 15 is 0 Å². The molecule has 2 aliphatic heterocycles. The third-order valence-electron chi connectivity index (χ3n) is 10.7. The van der Waals surface area contributed by atoms with Crippen LogP contribution < -0.4 is 9.38 Å². The monoisotopic (exact) mass is 639 g/mol. The Morgan fingerprint density at radius 2 is 0.860 bits per heavy atom. The van der Waals surface area contributed by atoms with Gasteiger partial charge in [0.15, 0.2) is 22.7 Å². The van der Waals surface area contributed by atoms with E-state index in [2.05, 4.69) is 193 Å². The molecule has 2 nitrogen and oxygen atoms in total. The number of hydrogen-bond acceptors (Lipinski definition) is 1. The van der Waals surface area contributed by atoms with Crippen molar-refractivity contribution in [1.82, 2.24) is 4.48 Å². The number of para-hydroxylation sites is 3. The van der Waals surface area contributed by atoms with Crippen molar-refractivity contribution in [3.8, 4) is 33.4 Å². The number of allylic oxidation sites excluding steroid dienone is 4. The van der Waals surface area contributed by atoms with Crippen LogP contribution in [0.4, 0.5) is 39.8 Å². The van der Waals surface area contributed by atoms with Gasteiger partial charge in [-0.25, -0.2) is 0 Å². The van der Waals surface area contributed by atoms with Crippen molar-refractivity contribution in [2.45, 2.75) is 12.8 Å². The first kappa shape index (κ1) is 28.8. The first-order valence-electron chi connectivity index (χ1n) is 17.6. The lowest BCUT2D eigenvalue weighted by atomic mass is 9.99. The molecule has 7 aromatic carbocycles. The van der Waals surface area contributed by atoms with E-state index in [4.69, 9.17) is 0 Å². The van der Waals surface area contributed by atoms with Crippen molar-refractivity contribution < 1.29 is 0 Å². The van der Waals surface area contributed by atoms with Crippen LogP contribution in [0.1, 0.15) is 18.4 Å². The van der Waals surface area contributed by atoms with Gasteiger partial charge in [-0.3, -0.25) is 0 Å². The molecule has 0 amide bonds. The lowest BCUT2D eigenvalue weighted by Gasteiger charge is -2.31. The van der Waals surface area contributed by atoms with Crippen LogP contribution in [0.25, 0.3) is 39.0 Å². The number of fused-ring (bicyclic) bond motifs is 10. The van der Waals surface area contributed by atoms with Crippen molar-refractivity contribution in [2.75, 3.05) is 4.90 Å². The summed E-state index contributed by atoms with van der Waals surface area (Å²) in [6.45, 7) is 0. The molecule has 3 aliphatic rings. The lowest BCUT2D eigenvalue weighted by Crippen LogP contribution is -2.28. The van der Waals surface area contributed by atoms with E-state index in [1.807, 2.05) is 0 Å². The molecule has 2 heteroatoms. The number of benzene rings is 7. The molecular formula is C48H35N2+. The van der Waals surface area contributed by atoms with E-state index in [0.29, 0.717) is 4.48 Å². The summed E-state index contributed by atoms with van der Waals surface area (Å²) in [4.78, 5) is 2.40. The van der Waals surface area contributed by atoms with Gasteiger partial charge in [0.25, 0.3) is 0 Å². The first-order valence-corrected chi connectivity index (χ1v) is 17.6. The molecular weight excluding hydrogens is 605 g/mol. The average molecular weight is 640 g/mol. The minimum atomic E-state index is 0.612. The molecule has 2 heterocycles. The highest BCUT2D eigenvalue weighted by Gasteiger charge is 2.53. The summed E-state index contributed by atoms with van der Waals surface area (Å²) >= 11 is 0. The molecule has 1 aliphatic carbocycles. The minimum absolute atomic E-state index is 0.612. The first-order chi connectivity index (χ1) is 24.8. The standard InChI is InChI=1S/C48H35N2/c1-3-13-34(14-4-1)36-23-27-38(28-24-36)49(39-29-25-37(26-30-39)35-15-5-2-6-16-35)40-31-32-48-44(33-40)43-19-9-12-22-47(43)50(48)45-20-10-7-17-41(45)42-18-8-11-21-46(42)50/h1,3-5,7-33H,2,6H2/q+1. The highest BCUT2D eigenvalue weighted by molar-refractivity contribution is 6.11. The van der Waals surface area contributed by atoms with Crippen molar-refractivity contribution in [3.05, 3.63) is 194 Å². The summed E-state index contributed by atoms with van der Waals surface area (Å²) in [5, 5.41) is 0. The van der Waals surface area contributed by atoms with Gasteiger partial charge in [0.1, 0.15) is 0 Å². The Morgan fingerprint density at radius 3 is 1.44 bits per heavy atom. The van der Waals surface area contributed by atoms with Gasteiger partial charge in [0.05, 0.1) is 22.3 Å². The Kier molecular flexibility index (Phi) is 6.58. The minimum Gasteiger partial charge on any atom is -0.310 e. The molecule has 0 atom stereocenters. The van der Waals surface area contributed by atoms with E-state index in [0.717, 1.165) is 29.9 Å². The summed E-state index contributed by atoms with van der Waals surface area (Å²) in [6, 6.07) is 62.7. The second-order valence-corrected chi connectivity index (χ2v) is 13.4. The number of hydrogen-bond donors (Lipinski definition) is 0. The second kappa shape index (κ2) is 11.4. The van der Waals surface area contributed by atoms with Gasteiger partial charge in [0.2, 0.25) is 0 Å². The zero-order valence-electron chi connectivity index (χ0n) is 27.7. The summed E-state index contributed by atoms with van der Waals surface area (Å²) in [5.74, 6) is 0. The molecule has 0 N–H and O–H groups in total. The van der Waals surface area contributed by atoms with Gasteiger partial charge in [-0.15, -0.1) is 0 Å². The maximum atomic E-state index is 2.41. The third kappa shape index (κ3) is 4.26. The lowest BCUT2D eigenvalue weighted by molar-refractivity contribution is 0.739. The zero-order valence-corrected chi connectivity index (χ0v) is 27.7. The predicted octanol–water partition coefficient (Wildman–Crippen LogP) is 13.8. The highest BCUT2D eigenvalue weighted by atomic mass is 15.4. The van der Waals surface area contributed by atoms with E-state index in [1.165, 1.54) is 67.3 Å². The van der Waals surface area contributed by atoms with Crippen LogP contribution in [-0.4, -0.2) is 0 Å². The van der Waals surface area contributed by atoms with Crippen molar-refractivity contribution >= 4 is 45.4 Å². The van der Waals surface area contributed by atoms with Crippen molar-refractivity contribution in [2.24, 2.45) is 0 Å². The molecule has 0 bridgehead atoms. The molecule has 0 radical (unpaired) electrons. The fraction of sp³-hybridized carbons (Fsp3) is 0.0417. The summed E-state index contributed by atoms with van der Waals surface area (Å²) in [5.41, 5.74) is 18.7. The molecule has 1 spiro atoms. The quantitative estimate of drug-likeness (QED) is 0.169. The molecule has 7 aromatic rings. The second-order valence-electron chi connectivity index (χ2n) is 13.4. The fourth-order valence-corrected chi connectivity index (χ4v) is 8.44. The summed E-state index contributed by atoms with van der Waals surface area (Å²) in [7, 11) is 0. The normalized spacial score (nSPS) is 14.4. The average Bonchev–Trinajstić information content (AvgIpc) is 3.66. The molecule has 10 rings (SSSR count). The molecule has 0 fully saturated rings. The van der Waals surface area contributed by atoms with Crippen LogP contribution in [0.15, 0.2) is 188 Å². The van der Waals surface area contributed by atoms with E-state index in [1.54, 1.807) is 0 Å². The SMILES string of the molecule is C1=CC(c2ccc(N(c3ccc(-c4ccccc4)cc3)c3ccc4c(c3)-c3ccccc3[N+]43c4ccccc4-c4ccccc43)cc2)=CCC1. The van der Waals surface area contributed by atoms with Crippen LogP contribution in [0.5, 0.6) is 0 Å². The Bertz CT molecular complexity index is 2420. The van der Waals surface area contributed by atoms with Crippen LogP contribution in [-0.2, 0) is 0 Å². The summed E-state index contributed by atoms with van der Waals surface area (Å²) in [6.07, 6.45) is 9.09. The third-order valence-corrected chi connectivity index (χ3v) is 10.7. The van der Waals surface area contributed by atoms with Gasteiger partial charge in [-0.2, -0.15) is 4.48 Å². The van der Waals surface area contributed by atoms with Gasteiger partial charge in [-0.05, 0) is 89.7 Å². The van der Waals surface area contributed by atoms with Crippen LogP contribution in [0, 0.1) is 0 Å². The Morgan fingerprint density at radius 1 is 0.380 bits per heavy atom. The maximum Gasteiger partial charge on any atom is 0.156 e. The van der Waals surface area contributed by atoms with Crippen molar-refractivity contribution in [3.63, 3.8) is 0 Å². The Labute approximate surface area is 293 Å². The highest BCUT2D eigenvalue weighted by Crippen LogP contribution is 2.69.